The largest absolute Gasteiger partial charge is 0.317 e. The van der Waals surface area contributed by atoms with Gasteiger partial charge in [0.1, 0.15) is 0 Å². The van der Waals surface area contributed by atoms with Crippen LogP contribution in [0.4, 0.5) is 0 Å². The number of nitrogens with one attached hydrogen (secondary N) is 1. The molecule has 1 aliphatic heterocycles. The quantitative estimate of drug-likeness (QED) is 0.718. The molecular weight excluding hydrogens is 196 g/mol. The lowest BCUT2D eigenvalue weighted by atomic mass is 10.0. The molecule has 2 nitrogen and oxygen atoms in total. The van der Waals surface area contributed by atoms with Crippen LogP contribution in [-0.4, -0.2) is 37.1 Å². The Morgan fingerprint density at radius 3 is 2.69 bits per heavy atom. The highest BCUT2D eigenvalue weighted by Crippen LogP contribution is 2.24. The minimum atomic E-state index is 0.737. The number of likely N-dealkylation sites (tertiary alicyclic amines) is 1. The van der Waals surface area contributed by atoms with E-state index in [2.05, 4.69) is 37.9 Å². The fourth-order valence-electron chi connectivity index (χ4n) is 2.78. The third kappa shape index (κ3) is 4.06. The van der Waals surface area contributed by atoms with Crippen LogP contribution < -0.4 is 5.32 Å². The lowest BCUT2D eigenvalue weighted by molar-refractivity contribution is 0.188. The van der Waals surface area contributed by atoms with Crippen LogP contribution in [0.25, 0.3) is 0 Å². The first-order valence-corrected chi connectivity index (χ1v) is 7.13. The monoisotopic (exact) mass is 226 g/mol. The van der Waals surface area contributed by atoms with Crippen molar-refractivity contribution >= 4 is 0 Å². The molecule has 0 radical (unpaired) electrons. The standard InChI is InChI=1S/C14H30N2/c1-5-7-14-8-9-16(11-14)13(4)12(3)10-15-6-2/h12-15H,5-11H2,1-4H3. The molecule has 1 heterocycles. The Balaban J connectivity index is 2.29. The molecular formula is C14H30N2. The minimum Gasteiger partial charge on any atom is -0.317 e. The van der Waals surface area contributed by atoms with Gasteiger partial charge >= 0.3 is 0 Å². The van der Waals surface area contributed by atoms with E-state index in [-0.39, 0.29) is 0 Å². The highest BCUT2D eigenvalue weighted by molar-refractivity contribution is 4.82. The van der Waals surface area contributed by atoms with E-state index in [1.54, 1.807) is 0 Å². The van der Waals surface area contributed by atoms with Gasteiger partial charge in [-0.1, -0.05) is 27.2 Å². The summed E-state index contributed by atoms with van der Waals surface area (Å²) in [5, 5.41) is 3.46. The zero-order chi connectivity index (χ0) is 12.0. The maximum atomic E-state index is 3.46. The molecule has 2 heteroatoms. The molecule has 3 unspecified atom stereocenters. The number of hydrogen-bond donors (Lipinski definition) is 1. The molecule has 0 amide bonds. The summed E-state index contributed by atoms with van der Waals surface area (Å²) >= 11 is 0. The van der Waals surface area contributed by atoms with Crippen LogP contribution in [0, 0.1) is 11.8 Å². The van der Waals surface area contributed by atoms with Crippen LogP contribution in [0.5, 0.6) is 0 Å². The molecule has 1 N–H and O–H groups in total. The number of hydrogen-bond acceptors (Lipinski definition) is 2. The molecule has 0 aliphatic carbocycles. The van der Waals surface area contributed by atoms with Crippen molar-refractivity contribution in [2.24, 2.45) is 11.8 Å². The molecule has 16 heavy (non-hydrogen) atoms. The van der Waals surface area contributed by atoms with Crippen molar-refractivity contribution in [1.82, 2.24) is 10.2 Å². The Morgan fingerprint density at radius 1 is 1.31 bits per heavy atom. The summed E-state index contributed by atoms with van der Waals surface area (Å²) in [6.07, 6.45) is 4.19. The van der Waals surface area contributed by atoms with Gasteiger partial charge in [0.2, 0.25) is 0 Å². The fraction of sp³-hybridized carbons (Fsp3) is 1.00. The number of nitrogens with zero attached hydrogens (tertiary/aromatic N) is 1. The predicted molar refractivity (Wildman–Crippen MR) is 71.8 cm³/mol. The van der Waals surface area contributed by atoms with E-state index in [9.17, 15) is 0 Å². The lowest BCUT2D eigenvalue weighted by Crippen LogP contribution is -2.40. The Labute approximate surface area is 102 Å². The molecule has 1 fully saturated rings. The Morgan fingerprint density at radius 2 is 2.06 bits per heavy atom. The molecule has 0 saturated carbocycles. The van der Waals surface area contributed by atoms with Gasteiger partial charge in [-0.15, -0.1) is 0 Å². The summed E-state index contributed by atoms with van der Waals surface area (Å²) in [5.41, 5.74) is 0. The molecule has 0 aromatic heterocycles. The smallest absolute Gasteiger partial charge is 0.0105 e. The van der Waals surface area contributed by atoms with Gasteiger partial charge < -0.3 is 10.2 Å². The molecule has 1 saturated heterocycles. The van der Waals surface area contributed by atoms with Crippen LogP contribution in [0.1, 0.15) is 47.0 Å². The van der Waals surface area contributed by atoms with E-state index < -0.39 is 0 Å². The first-order chi connectivity index (χ1) is 7.69. The van der Waals surface area contributed by atoms with Crippen LogP contribution >= 0.6 is 0 Å². The van der Waals surface area contributed by atoms with Crippen molar-refractivity contribution in [2.45, 2.75) is 53.0 Å². The first-order valence-electron chi connectivity index (χ1n) is 7.13. The summed E-state index contributed by atoms with van der Waals surface area (Å²) in [5.74, 6) is 1.74. The van der Waals surface area contributed by atoms with Gasteiger partial charge in [0.25, 0.3) is 0 Å². The molecule has 1 rings (SSSR count). The van der Waals surface area contributed by atoms with Crippen molar-refractivity contribution in [3.05, 3.63) is 0 Å². The normalized spacial score (nSPS) is 25.9. The second-order valence-electron chi connectivity index (χ2n) is 5.46. The van der Waals surface area contributed by atoms with Gasteiger partial charge in [0, 0.05) is 12.6 Å². The predicted octanol–water partition coefficient (Wildman–Crippen LogP) is 2.74. The summed E-state index contributed by atoms with van der Waals surface area (Å²) in [7, 11) is 0. The fourth-order valence-corrected chi connectivity index (χ4v) is 2.78. The van der Waals surface area contributed by atoms with Gasteiger partial charge in [-0.05, 0) is 51.2 Å². The van der Waals surface area contributed by atoms with Crippen molar-refractivity contribution < 1.29 is 0 Å². The van der Waals surface area contributed by atoms with E-state index in [4.69, 9.17) is 0 Å². The van der Waals surface area contributed by atoms with Crippen LogP contribution in [-0.2, 0) is 0 Å². The van der Waals surface area contributed by atoms with Crippen LogP contribution in [0.2, 0.25) is 0 Å². The van der Waals surface area contributed by atoms with Crippen molar-refractivity contribution in [1.29, 1.82) is 0 Å². The molecule has 0 spiro atoms. The molecule has 96 valence electrons. The maximum Gasteiger partial charge on any atom is 0.0105 e. The van der Waals surface area contributed by atoms with E-state index in [1.807, 2.05) is 0 Å². The van der Waals surface area contributed by atoms with Crippen molar-refractivity contribution in [2.75, 3.05) is 26.2 Å². The van der Waals surface area contributed by atoms with Crippen molar-refractivity contribution in [3.8, 4) is 0 Å². The molecule has 0 aromatic carbocycles. The third-order valence-electron chi connectivity index (χ3n) is 4.13. The lowest BCUT2D eigenvalue weighted by Gasteiger charge is -2.30. The van der Waals surface area contributed by atoms with Crippen molar-refractivity contribution in [3.63, 3.8) is 0 Å². The van der Waals surface area contributed by atoms with Gasteiger partial charge in [0.15, 0.2) is 0 Å². The van der Waals surface area contributed by atoms with Gasteiger partial charge in [-0.2, -0.15) is 0 Å². The topological polar surface area (TPSA) is 15.3 Å². The summed E-state index contributed by atoms with van der Waals surface area (Å²) in [6.45, 7) is 14.2. The van der Waals surface area contributed by atoms with E-state index in [0.717, 1.165) is 31.0 Å². The minimum absolute atomic E-state index is 0.737. The second-order valence-corrected chi connectivity index (χ2v) is 5.46. The Kier molecular flexibility index (Phi) is 6.37. The maximum absolute atomic E-state index is 3.46. The van der Waals surface area contributed by atoms with E-state index in [0.29, 0.717) is 0 Å². The van der Waals surface area contributed by atoms with E-state index in [1.165, 1.54) is 32.4 Å². The van der Waals surface area contributed by atoms with Crippen LogP contribution in [0.3, 0.4) is 0 Å². The van der Waals surface area contributed by atoms with Crippen LogP contribution in [0.15, 0.2) is 0 Å². The first kappa shape index (κ1) is 14.0. The zero-order valence-electron chi connectivity index (χ0n) is 11.6. The summed E-state index contributed by atoms with van der Waals surface area (Å²) < 4.78 is 0. The summed E-state index contributed by atoms with van der Waals surface area (Å²) in [6, 6.07) is 0.737. The molecule has 1 aliphatic rings. The average molecular weight is 226 g/mol. The molecule has 0 aromatic rings. The van der Waals surface area contributed by atoms with Gasteiger partial charge in [-0.3, -0.25) is 0 Å². The number of rotatable bonds is 7. The van der Waals surface area contributed by atoms with Gasteiger partial charge in [0.05, 0.1) is 0 Å². The van der Waals surface area contributed by atoms with Gasteiger partial charge in [-0.25, -0.2) is 0 Å². The SMILES string of the molecule is CCCC1CCN(C(C)C(C)CNCC)C1. The third-order valence-corrected chi connectivity index (χ3v) is 4.13. The average Bonchev–Trinajstić information content (AvgIpc) is 2.74. The molecule has 3 atom stereocenters. The highest BCUT2D eigenvalue weighted by Gasteiger charge is 2.27. The second kappa shape index (κ2) is 7.29. The Hall–Kier alpha value is -0.0800. The molecule has 0 bridgehead atoms. The highest BCUT2D eigenvalue weighted by atomic mass is 15.2. The summed E-state index contributed by atoms with van der Waals surface area (Å²) in [4.78, 5) is 2.70. The Bertz CT molecular complexity index is 182. The van der Waals surface area contributed by atoms with E-state index >= 15 is 0 Å². The zero-order valence-corrected chi connectivity index (χ0v) is 11.6.